The average molecular weight is 299 g/mol. The minimum absolute atomic E-state index is 0.175. The topological polar surface area (TPSA) is 79.8 Å². The Morgan fingerprint density at radius 2 is 2.00 bits per heavy atom. The maximum Gasteiger partial charge on any atom is 0.288 e. The number of pyridine rings is 1. The van der Waals surface area contributed by atoms with Gasteiger partial charge in [0, 0.05) is 11.0 Å². The second-order valence-electron chi connectivity index (χ2n) is 4.74. The largest absolute Gasteiger partial charge is 0.288 e. The molecular formula is C15H13N3O2S. The third-order valence-corrected chi connectivity index (χ3v) is 3.96. The van der Waals surface area contributed by atoms with Gasteiger partial charge in [0.25, 0.3) is 5.69 Å². The Bertz CT molecular complexity index is 706. The summed E-state index contributed by atoms with van der Waals surface area (Å²) in [5.74, 6) is 0.455. The predicted octanol–water partition coefficient (Wildman–Crippen LogP) is 4.14. The first-order valence-corrected chi connectivity index (χ1v) is 7.15. The molecule has 5 nitrogen and oxygen atoms in total. The van der Waals surface area contributed by atoms with Gasteiger partial charge in [-0.25, -0.2) is 4.98 Å². The van der Waals surface area contributed by atoms with E-state index in [2.05, 4.69) is 18.8 Å². The lowest BCUT2D eigenvalue weighted by atomic mass is 10.0. The lowest BCUT2D eigenvalue weighted by Gasteiger charge is -2.07. The first kappa shape index (κ1) is 15.0. The van der Waals surface area contributed by atoms with E-state index in [0.717, 1.165) is 4.90 Å². The van der Waals surface area contributed by atoms with Crippen molar-refractivity contribution in [3.63, 3.8) is 0 Å². The van der Waals surface area contributed by atoms with Gasteiger partial charge in [0.05, 0.1) is 10.5 Å². The molecule has 2 rings (SSSR count). The predicted molar refractivity (Wildman–Crippen MR) is 80.3 cm³/mol. The zero-order valence-corrected chi connectivity index (χ0v) is 12.4. The molecule has 1 aromatic carbocycles. The van der Waals surface area contributed by atoms with Gasteiger partial charge < -0.3 is 0 Å². The molecule has 0 saturated heterocycles. The van der Waals surface area contributed by atoms with Crippen LogP contribution in [0.4, 0.5) is 5.69 Å². The number of rotatable bonds is 4. The third-order valence-electron chi connectivity index (χ3n) is 2.93. The molecule has 0 spiro atoms. The van der Waals surface area contributed by atoms with E-state index in [0.29, 0.717) is 10.9 Å². The minimum atomic E-state index is -0.556. The van der Waals surface area contributed by atoms with Crippen LogP contribution in [-0.4, -0.2) is 9.91 Å². The van der Waals surface area contributed by atoms with Gasteiger partial charge >= 0.3 is 0 Å². The standard InChI is InChI=1S/C15H13N3O2S/c1-10(2)11-3-5-14(6-4-11)21-15-12(8-16)7-13(9-17-15)18(19)20/h3-7,9-10H,1-2H3. The number of benzene rings is 1. The molecule has 0 aliphatic carbocycles. The maximum atomic E-state index is 10.7. The fraction of sp³-hybridized carbons (Fsp3) is 0.200. The van der Waals surface area contributed by atoms with Crippen molar-refractivity contribution in [2.75, 3.05) is 0 Å². The summed E-state index contributed by atoms with van der Waals surface area (Å²) in [6.07, 6.45) is 1.17. The van der Waals surface area contributed by atoms with Crippen LogP contribution in [0.15, 0.2) is 46.5 Å². The number of nitro groups is 1. The summed E-state index contributed by atoms with van der Waals surface area (Å²) in [5.41, 5.74) is 1.27. The highest BCUT2D eigenvalue weighted by Crippen LogP contribution is 2.31. The molecule has 0 fully saturated rings. The Balaban J connectivity index is 2.27. The molecule has 0 radical (unpaired) electrons. The van der Waals surface area contributed by atoms with Gasteiger partial charge in [0.15, 0.2) is 0 Å². The zero-order valence-electron chi connectivity index (χ0n) is 11.6. The normalized spacial score (nSPS) is 10.4. The molecule has 1 heterocycles. The summed E-state index contributed by atoms with van der Waals surface area (Å²) >= 11 is 1.32. The molecule has 0 aliphatic rings. The number of aromatic nitrogens is 1. The van der Waals surface area contributed by atoms with E-state index < -0.39 is 4.92 Å². The van der Waals surface area contributed by atoms with Crippen LogP contribution in [0.1, 0.15) is 30.9 Å². The van der Waals surface area contributed by atoms with Crippen LogP contribution in [0.3, 0.4) is 0 Å². The minimum Gasteiger partial charge on any atom is -0.258 e. The van der Waals surface area contributed by atoms with E-state index in [1.807, 2.05) is 30.3 Å². The quantitative estimate of drug-likeness (QED) is 0.626. The summed E-state index contributed by atoms with van der Waals surface area (Å²) in [7, 11) is 0. The van der Waals surface area contributed by atoms with Gasteiger partial charge in [-0.15, -0.1) is 0 Å². The van der Waals surface area contributed by atoms with Gasteiger partial charge in [0.1, 0.15) is 17.3 Å². The van der Waals surface area contributed by atoms with Gasteiger partial charge in [0.2, 0.25) is 0 Å². The van der Waals surface area contributed by atoms with Crippen molar-refractivity contribution in [2.45, 2.75) is 29.7 Å². The summed E-state index contributed by atoms with van der Waals surface area (Å²) < 4.78 is 0. The summed E-state index contributed by atoms with van der Waals surface area (Å²) in [4.78, 5) is 15.1. The third kappa shape index (κ3) is 3.58. The Morgan fingerprint density at radius 3 is 2.52 bits per heavy atom. The monoisotopic (exact) mass is 299 g/mol. The molecule has 21 heavy (non-hydrogen) atoms. The van der Waals surface area contributed by atoms with E-state index in [4.69, 9.17) is 5.26 Å². The molecular weight excluding hydrogens is 286 g/mol. The molecule has 0 unspecified atom stereocenters. The molecule has 0 atom stereocenters. The second kappa shape index (κ2) is 6.37. The van der Waals surface area contributed by atoms with Crippen molar-refractivity contribution in [2.24, 2.45) is 0 Å². The van der Waals surface area contributed by atoms with Crippen LogP contribution in [0.5, 0.6) is 0 Å². The number of nitriles is 1. The Labute approximate surface area is 126 Å². The highest BCUT2D eigenvalue weighted by molar-refractivity contribution is 7.99. The summed E-state index contributed by atoms with van der Waals surface area (Å²) in [5, 5.41) is 20.3. The highest BCUT2D eigenvalue weighted by atomic mass is 32.2. The van der Waals surface area contributed by atoms with E-state index in [1.54, 1.807) is 0 Å². The number of hydrogen-bond acceptors (Lipinski definition) is 5. The van der Waals surface area contributed by atoms with Crippen LogP contribution in [-0.2, 0) is 0 Å². The zero-order chi connectivity index (χ0) is 15.4. The van der Waals surface area contributed by atoms with Gasteiger partial charge in [-0.3, -0.25) is 10.1 Å². The molecule has 106 valence electrons. The van der Waals surface area contributed by atoms with Crippen LogP contribution >= 0.6 is 11.8 Å². The molecule has 0 N–H and O–H groups in total. The van der Waals surface area contributed by atoms with Crippen molar-refractivity contribution in [1.29, 1.82) is 5.26 Å². The lowest BCUT2D eigenvalue weighted by Crippen LogP contribution is -1.93. The Kier molecular flexibility index (Phi) is 4.55. The van der Waals surface area contributed by atoms with Crippen molar-refractivity contribution in [3.8, 4) is 6.07 Å². The van der Waals surface area contributed by atoms with Crippen LogP contribution in [0.2, 0.25) is 0 Å². The second-order valence-corrected chi connectivity index (χ2v) is 5.80. The fourth-order valence-corrected chi connectivity index (χ4v) is 2.55. The lowest BCUT2D eigenvalue weighted by molar-refractivity contribution is -0.385. The van der Waals surface area contributed by atoms with E-state index in [1.165, 1.54) is 29.6 Å². The average Bonchev–Trinajstić information content (AvgIpc) is 2.48. The summed E-state index contributed by atoms with van der Waals surface area (Å²) in [6.45, 7) is 4.24. The van der Waals surface area contributed by atoms with E-state index in [-0.39, 0.29) is 11.3 Å². The molecule has 0 aliphatic heterocycles. The van der Waals surface area contributed by atoms with E-state index in [9.17, 15) is 10.1 Å². The highest BCUT2D eigenvalue weighted by Gasteiger charge is 2.13. The van der Waals surface area contributed by atoms with Gasteiger partial charge in [-0.05, 0) is 23.6 Å². The summed E-state index contributed by atoms with van der Waals surface area (Å²) in [6, 6.07) is 11.2. The fourth-order valence-electron chi connectivity index (χ4n) is 1.73. The van der Waals surface area contributed by atoms with Crippen molar-refractivity contribution in [3.05, 3.63) is 57.8 Å². The molecule has 0 amide bonds. The molecule has 0 saturated carbocycles. The molecule has 1 aromatic heterocycles. The Morgan fingerprint density at radius 1 is 1.33 bits per heavy atom. The molecule has 0 bridgehead atoms. The number of nitrogens with zero attached hydrogens (tertiary/aromatic N) is 3. The van der Waals surface area contributed by atoms with E-state index >= 15 is 0 Å². The van der Waals surface area contributed by atoms with Crippen LogP contribution in [0, 0.1) is 21.4 Å². The first-order valence-electron chi connectivity index (χ1n) is 6.33. The maximum absolute atomic E-state index is 10.7. The van der Waals surface area contributed by atoms with Crippen molar-refractivity contribution >= 4 is 17.4 Å². The SMILES string of the molecule is CC(C)c1ccc(Sc2ncc([N+](=O)[O-])cc2C#N)cc1. The first-order chi connectivity index (χ1) is 10.0. The molecule has 6 heteroatoms. The van der Waals surface area contributed by atoms with Crippen molar-refractivity contribution < 1.29 is 4.92 Å². The number of hydrogen-bond donors (Lipinski definition) is 0. The molecule has 2 aromatic rings. The van der Waals surface area contributed by atoms with Gasteiger partial charge in [-0.1, -0.05) is 37.7 Å². The van der Waals surface area contributed by atoms with Crippen LogP contribution < -0.4 is 0 Å². The Hall–Kier alpha value is -2.39. The van der Waals surface area contributed by atoms with Crippen molar-refractivity contribution in [1.82, 2.24) is 4.98 Å². The van der Waals surface area contributed by atoms with Crippen LogP contribution in [0.25, 0.3) is 0 Å². The smallest absolute Gasteiger partial charge is 0.258 e. The van der Waals surface area contributed by atoms with Gasteiger partial charge in [-0.2, -0.15) is 5.26 Å².